The van der Waals surface area contributed by atoms with E-state index in [-0.39, 0.29) is 11.2 Å². The van der Waals surface area contributed by atoms with Gasteiger partial charge in [-0.1, -0.05) is 12.1 Å². The SMILES string of the molecule is CC1(C)CN(c2nc3ccccc3o2)CC(C)(C)O1. The Balaban J connectivity index is 1.96. The van der Waals surface area contributed by atoms with Crippen LogP contribution in [0.1, 0.15) is 27.7 Å². The lowest BCUT2D eigenvalue weighted by atomic mass is 9.99. The molecule has 1 aliphatic heterocycles. The van der Waals surface area contributed by atoms with Gasteiger partial charge in [0.25, 0.3) is 6.01 Å². The van der Waals surface area contributed by atoms with Crippen molar-refractivity contribution in [3.63, 3.8) is 0 Å². The lowest BCUT2D eigenvalue weighted by Gasteiger charge is -2.46. The molecule has 2 aromatic rings. The summed E-state index contributed by atoms with van der Waals surface area (Å²) >= 11 is 0. The second-order valence-electron chi connectivity index (χ2n) is 6.44. The molecule has 0 bridgehead atoms. The number of hydrogen-bond acceptors (Lipinski definition) is 4. The number of aromatic nitrogens is 1. The molecule has 0 spiro atoms. The number of ether oxygens (including phenoxy) is 1. The van der Waals surface area contributed by atoms with Gasteiger partial charge in [0.15, 0.2) is 5.58 Å². The lowest BCUT2D eigenvalue weighted by Crippen LogP contribution is -2.57. The van der Waals surface area contributed by atoms with Crippen molar-refractivity contribution in [2.75, 3.05) is 18.0 Å². The summed E-state index contributed by atoms with van der Waals surface area (Å²) < 4.78 is 11.9. The van der Waals surface area contributed by atoms with Crippen molar-refractivity contribution in [1.82, 2.24) is 4.98 Å². The molecule has 0 unspecified atom stereocenters. The van der Waals surface area contributed by atoms with Crippen molar-refractivity contribution >= 4 is 17.1 Å². The van der Waals surface area contributed by atoms with Crippen LogP contribution in [0.4, 0.5) is 6.01 Å². The maximum absolute atomic E-state index is 6.08. The van der Waals surface area contributed by atoms with Crippen LogP contribution in [0.2, 0.25) is 0 Å². The normalized spacial score (nSPS) is 21.8. The molecule has 1 fully saturated rings. The van der Waals surface area contributed by atoms with Crippen LogP contribution in [0.5, 0.6) is 0 Å². The largest absolute Gasteiger partial charge is 0.423 e. The molecule has 0 N–H and O–H groups in total. The van der Waals surface area contributed by atoms with E-state index in [9.17, 15) is 0 Å². The highest BCUT2D eigenvalue weighted by Gasteiger charge is 2.39. The maximum atomic E-state index is 6.08. The number of anilines is 1. The molecular weight excluding hydrogens is 240 g/mol. The average molecular weight is 260 g/mol. The van der Waals surface area contributed by atoms with Gasteiger partial charge in [0.05, 0.1) is 24.3 Å². The fraction of sp³-hybridized carbons (Fsp3) is 0.533. The summed E-state index contributed by atoms with van der Waals surface area (Å²) in [5.41, 5.74) is 1.32. The summed E-state index contributed by atoms with van der Waals surface area (Å²) in [5, 5.41) is 0. The first kappa shape index (κ1) is 12.5. The quantitative estimate of drug-likeness (QED) is 0.789. The Labute approximate surface area is 113 Å². The van der Waals surface area contributed by atoms with Gasteiger partial charge in [-0.15, -0.1) is 0 Å². The number of para-hydroxylation sites is 2. The monoisotopic (exact) mass is 260 g/mol. The molecule has 0 amide bonds. The second kappa shape index (κ2) is 3.97. The van der Waals surface area contributed by atoms with Crippen molar-refractivity contribution in [1.29, 1.82) is 0 Å². The van der Waals surface area contributed by atoms with Gasteiger partial charge in [-0.3, -0.25) is 0 Å². The van der Waals surface area contributed by atoms with Gasteiger partial charge in [0, 0.05) is 0 Å². The summed E-state index contributed by atoms with van der Waals surface area (Å²) in [6.45, 7) is 9.97. The number of oxazole rings is 1. The Morgan fingerprint density at radius 2 is 1.68 bits per heavy atom. The summed E-state index contributed by atoms with van der Waals surface area (Å²) in [5.74, 6) is 0. The first-order valence-electron chi connectivity index (χ1n) is 6.65. The fourth-order valence-corrected chi connectivity index (χ4v) is 2.92. The van der Waals surface area contributed by atoms with Crippen LogP contribution in [-0.4, -0.2) is 29.3 Å². The summed E-state index contributed by atoms with van der Waals surface area (Å²) in [4.78, 5) is 6.74. The van der Waals surface area contributed by atoms with Crippen molar-refractivity contribution < 1.29 is 9.15 Å². The molecule has 2 heterocycles. The molecule has 1 aromatic carbocycles. The maximum Gasteiger partial charge on any atom is 0.298 e. The smallest absolute Gasteiger partial charge is 0.298 e. The van der Waals surface area contributed by atoms with Crippen LogP contribution in [0.3, 0.4) is 0 Å². The zero-order valence-corrected chi connectivity index (χ0v) is 11.9. The molecule has 19 heavy (non-hydrogen) atoms. The van der Waals surface area contributed by atoms with Gasteiger partial charge in [0.1, 0.15) is 5.52 Å². The molecular formula is C15H20N2O2. The summed E-state index contributed by atoms with van der Waals surface area (Å²) in [7, 11) is 0. The Morgan fingerprint density at radius 1 is 1.05 bits per heavy atom. The van der Waals surface area contributed by atoms with Gasteiger partial charge in [0.2, 0.25) is 0 Å². The van der Waals surface area contributed by atoms with E-state index in [1.807, 2.05) is 24.3 Å². The topological polar surface area (TPSA) is 38.5 Å². The third-order valence-electron chi connectivity index (χ3n) is 3.25. The molecule has 1 aliphatic rings. The van der Waals surface area contributed by atoms with E-state index in [1.54, 1.807) is 0 Å². The Bertz CT molecular complexity index is 552. The zero-order chi connectivity index (χ0) is 13.7. The molecule has 0 radical (unpaired) electrons. The average Bonchev–Trinajstić information content (AvgIpc) is 2.68. The lowest BCUT2D eigenvalue weighted by molar-refractivity contribution is -0.133. The molecule has 102 valence electrons. The molecule has 4 nitrogen and oxygen atoms in total. The van der Waals surface area contributed by atoms with Crippen molar-refractivity contribution in [2.24, 2.45) is 0 Å². The molecule has 0 saturated carbocycles. The number of morpholine rings is 1. The van der Waals surface area contributed by atoms with E-state index in [0.29, 0.717) is 6.01 Å². The third kappa shape index (κ3) is 2.45. The molecule has 0 atom stereocenters. The molecule has 0 aliphatic carbocycles. The van der Waals surface area contributed by atoms with Crippen LogP contribution in [0, 0.1) is 0 Å². The fourth-order valence-electron chi connectivity index (χ4n) is 2.92. The van der Waals surface area contributed by atoms with Gasteiger partial charge >= 0.3 is 0 Å². The van der Waals surface area contributed by atoms with Gasteiger partial charge < -0.3 is 14.1 Å². The summed E-state index contributed by atoms with van der Waals surface area (Å²) in [6.07, 6.45) is 0. The van der Waals surface area contributed by atoms with Crippen LogP contribution in [0.25, 0.3) is 11.1 Å². The second-order valence-corrected chi connectivity index (χ2v) is 6.44. The standard InChI is InChI=1S/C15H20N2O2/c1-14(2)9-17(10-15(3,4)19-14)13-16-11-7-5-6-8-12(11)18-13/h5-8H,9-10H2,1-4H3. The third-order valence-corrected chi connectivity index (χ3v) is 3.25. The highest BCUT2D eigenvalue weighted by atomic mass is 16.5. The molecule has 4 heteroatoms. The predicted molar refractivity (Wildman–Crippen MR) is 75.5 cm³/mol. The molecule has 1 saturated heterocycles. The number of benzene rings is 1. The zero-order valence-electron chi connectivity index (χ0n) is 11.9. The molecule has 3 rings (SSSR count). The van der Waals surface area contributed by atoms with Crippen LogP contribution in [0.15, 0.2) is 28.7 Å². The summed E-state index contributed by atoms with van der Waals surface area (Å²) in [6, 6.07) is 8.54. The Morgan fingerprint density at radius 3 is 2.32 bits per heavy atom. The minimum atomic E-state index is -0.206. The minimum absolute atomic E-state index is 0.206. The predicted octanol–water partition coefficient (Wildman–Crippen LogP) is 3.22. The van der Waals surface area contributed by atoms with E-state index >= 15 is 0 Å². The van der Waals surface area contributed by atoms with Gasteiger partial charge in [-0.2, -0.15) is 4.98 Å². The highest BCUT2D eigenvalue weighted by molar-refractivity contribution is 5.74. The van der Waals surface area contributed by atoms with Crippen LogP contribution in [-0.2, 0) is 4.74 Å². The van der Waals surface area contributed by atoms with Crippen LogP contribution < -0.4 is 4.90 Å². The van der Waals surface area contributed by atoms with Crippen molar-refractivity contribution in [3.05, 3.63) is 24.3 Å². The van der Waals surface area contributed by atoms with E-state index in [4.69, 9.17) is 9.15 Å². The first-order chi connectivity index (χ1) is 8.85. The van der Waals surface area contributed by atoms with E-state index < -0.39 is 0 Å². The first-order valence-corrected chi connectivity index (χ1v) is 6.65. The van der Waals surface area contributed by atoms with E-state index in [0.717, 1.165) is 24.2 Å². The number of hydrogen-bond donors (Lipinski definition) is 0. The van der Waals surface area contributed by atoms with E-state index in [1.165, 1.54) is 0 Å². The molecule has 1 aromatic heterocycles. The van der Waals surface area contributed by atoms with Crippen molar-refractivity contribution in [2.45, 2.75) is 38.9 Å². The van der Waals surface area contributed by atoms with Crippen molar-refractivity contribution in [3.8, 4) is 0 Å². The number of rotatable bonds is 1. The Hall–Kier alpha value is -1.55. The van der Waals surface area contributed by atoms with E-state index in [2.05, 4.69) is 37.6 Å². The van der Waals surface area contributed by atoms with Gasteiger partial charge in [-0.25, -0.2) is 0 Å². The van der Waals surface area contributed by atoms with Crippen LogP contribution >= 0.6 is 0 Å². The van der Waals surface area contributed by atoms with Gasteiger partial charge in [-0.05, 0) is 39.8 Å². The number of fused-ring (bicyclic) bond motifs is 1. The minimum Gasteiger partial charge on any atom is -0.423 e. The highest BCUT2D eigenvalue weighted by Crippen LogP contribution is 2.32. The Kier molecular flexibility index (Phi) is 2.61. The number of nitrogens with zero attached hydrogens (tertiary/aromatic N) is 2.